The number of hydrogen-bond donors (Lipinski definition) is 2. The van der Waals surface area contributed by atoms with E-state index in [4.69, 9.17) is 22.1 Å². The lowest BCUT2D eigenvalue weighted by Crippen LogP contribution is -2.35. The fraction of sp³-hybridized carbons (Fsp3) is 0.625. The van der Waals surface area contributed by atoms with Gasteiger partial charge in [0.05, 0.1) is 12.1 Å². The van der Waals surface area contributed by atoms with Gasteiger partial charge in [0, 0.05) is 6.61 Å². The molecule has 0 aromatic carbocycles. The van der Waals surface area contributed by atoms with Crippen LogP contribution in [0.4, 0.5) is 11.9 Å². The average molecular weight is 230 g/mol. The highest BCUT2D eigenvalue weighted by molar-refractivity contribution is 6.28. The fourth-order valence-corrected chi connectivity index (χ4v) is 1.62. The highest BCUT2D eigenvalue weighted by Crippen LogP contribution is 2.22. The van der Waals surface area contributed by atoms with Crippen LogP contribution >= 0.6 is 11.6 Å². The van der Waals surface area contributed by atoms with Gasteiger partial charge in [0.2, 0.25) is 17.2 Å². The smallest absolute Gasteiger partial charge is 0.229 e. The van der Waals surface area contributed by atoms with Crippen LogP contribution in [0.1, 0.15) is 13.3 Å². The molecule has 1 aromatic rings. The van der Waals surface area contributed by atoms with Crippen molar-refractivity contribution >= 4 is 23.5 Å². The summed E-state index contributed by atoms with van der Waals surface area (Å²) in [6.45, 7) is 3.39. The van der Waals surface area contributed by atoms with Crippen LogP contribution in [0.25, 0.3) is 0 Å². The number of rotatable bonds is 2. The third kappa shape index (κ3) is 2.45. The van der Waals surface area contributed by atoms with Crippen molar-refractivity contribution in [1.82, 2.24) is 15.0 Å². The van der Waals surface area contributed by atoms with Gasteiger partial charge in [-0.2, -0.15) is 15.0 Å². The number of anilines is 2. The van der Waals surface area contributed by atoms with Gasteiger partial charge >= 0.3 is 0 Å². The Morgan fingerprint density at radius 2 is 2.27 bits per heavy atom. The van der Waals surface area contributed by atoms with Gasteiger partial charge in [-0.05, 0) is 24.9 Å². The Morgan fingerprint density at radius 1 is 1.47 bits per heavy atom. The van der Waals surface area contributed by atoms with E-state index < -0.39 is 0 Å². The van der Waals surface area contributed by atoms with Crippen LogP contribution in [0.3, 0.4) is 0 Å². The normalized spacial score (nSPS) is 25.5. The van der Waals surface area contributed by atoms with E-state index in [-0.39, 0.29) is 16.8 Å². The second-order valence-corrected chi connectivity index (χ2v) is 4.11. The summed E-state index contributed by atoms with van der Waals surface area (Å²) < 4.78 is 5.29. The second kappa shape index (κ2) is 3.79. The molecule has 3 N–H and O–H groups in total. The molecule has 6 nitrogen and oxygen atoms in total. The van der Waals surface area contributed by atoms with Crippen molar-refractivity contribution in [3.8, 4) is 0 Å². The summed E-state index contributed by atoms with van der Waals surface area (Å²) in [4.78, 5) is 11.6. The van der Waals surface area contributed by atoms with Crippen LogP contribution in [-0.4, -0.2) is 33.7 Å². The number of nitrogens with zero attached hydrogens (tertiary/aromatic N) is 3. The van der Waals surface area contributed by atoms with E-state index in [9.17, 15) is 0 Å². The van der Waals surface area contributed by atoms with Gasteiger partial charge in [-0.3, -0.25) is 0 Å². The fourth-order valence-electron chi connectivity index (χ4n) is 1.46. The van der Waals surface area contributed by atoms with Gasteiger partial charge in [-0.1, -0.05) is 0 Å². The van der Waals surface area contributed by atoms with E-state index in [2.05, 4.69) is 20.3 Å². The molecule has 1 fully saturated rings. The van der Waals surface area contributed by atoms with Gasteiger partial charge in [-0.15, -0.1) is 0 Å². The third-order valence-corrected chi connectivity index (χ3v) is 2.43. The number of nitrogens with one attached hydrogen (secondary N) is 1. The number of ether oxygens (including phenoxy) is 1. The van der Waals surface area contributed by atoms with E-state index in [1.807, 2.05) is 6.92 Å². The number of hydrogen-bond acceptors (Lipinski definition) is 6. The molecule has 1 aliphatic heterocycles. The van der Waals surface area contributed by atoms with E-state index in [0.29, 0.717) is 12.6 Å². The molecule has 82 valence electrons. The highest BCUT2D eigenvalue weighted by atomic mass is 35.5. The molecule has 1 atom stereocenters. The minimum atomic E-state index is -0.156. The van der Waals surface area contributed by atoms with Gasteiger partial charge in [0.1, 0.15) is 0 Å². The van der Waals surface area contributed by atoms with Gasteiger partial charge < -0.3 is 15.8 Å². The Balaban J connectivity index is 2.16. The Labute approximate surface area is 92.2 Å². The molecule has 7 heteroatoms. The van der Waals surface area contributed by atoms with Crippen molar-refractivity contribution in [1.29, 1.82) is 0 Å². The Bertz CT molecular complexity index is 346. The molecular formula is C8H12ClN5O. The van der Waals surface area contributed by atoms with Crippen LogP contribution in [0, 0.1) is 0 Å². The summed E-state index contributed by atoms with van der Waals surface area (Å²) >= 11 is 5.67. The lowest BCUT2D eigenvalue weighted by Gasteiger charge is -2.23. The topological polar surface area (TPSA) is 86.0 Å². The number of halogens is 1. The molecule has 0 radical (unpaired) electrons. The summed E-state index contributed by atoms with van der Waals surface area (Å²) in [6.07, 6.45) is 0.899. The number of nitrogen functional groups attached to an aromatic ring is 1. The number of nitrogens with two attached hydrogens (primary N) is 1. The predicted octanol–water partition coefficient (Wildman–Crippen LogP) is 0.698. The highest BCUT2D eigenvalue weighted by Gasteiger charge is 2.30. The van der Waals surface area contributed by atoms with Crippen molar-refractivity contribution in [3.63, 3.8) is 0 Å². The molecule has 0 amide bonds. The summed E-state index contributed by atoms with van der Waals surface area (Å²) in [7, 11) is 0. The maximum atomic E-state index is 5.67. The Morgan fingerprint density at radius 3 is 2.87 bits per heavy atom. The Kier molecular flexibility index (Phi) is 2.62. The first-order valence-electron chi connectivity index (χ1n) is 4.60. The minimum Gasteiger partial charge on any atom is -0.379 e. The van der Waals surface area contributed by atoms with Crippen molar-refractivity contribution in [2.45, 2.75) is 18.9 Å². The van der Waals surface area contributed by atoms with Gasteiger partial charge in [0.25, 0.3) is 0 Å². The molecule has 1 aromatic heterocycles. The molecule has 1 saturated heterocycles. The first-order chi connectivity index (χ1) is 7.07. The molecule has 1 unspecified atom stereocenters. The van der Waals surface area contributed by atoms with Crippen LogP contribution in [-0.2, 0) is 4.74 Å². The minimum absolute atomic E-state index is 0.0903. The molecule has 0 saturated carbocycles. The first kappa shape index (κ1) is 10.4. The van der Waals surface area contributed by atoms with Crippen molar-refractivity contribution < 1.29 is 4.74 Å². The number of aromatic nitrogens is 3. The zero-order chi connectivity index (χ0) is 10.9. The molecule has 0 aliphatic carbocycles. The average Bonchev–Trinajstić information content (AvgIpc) is 2.49. The van der Waals surface area contributed by atoms with Crippen LogP contribution < -0.4 is 11.1 Å². The maximum absolute atomic E-state index is 5.67. The van der Waals surface area contributed by atoms with Gasteiger partial charge in [-0.25, -0.2) is 0 Å². The first-order valence-corrected chi connectivity index (χ1v) is 4.98. The van der Waals surface area contributed by atoms with Crippen molar-refractivity contribution in [2.24, 2.45) is 0 Å². The molecule has 0 spiro atoms. The predicted molar refractivity (Wildman–Crippen MR) is 56.7 cm³/mol. The zero-order valence-corrected chi connectivity index (χ0v) is 9.08. The molecule has 1 aliphatic rings. The zero-order valence-electron chi connectivity index (χ0n) is 8.33. The third-order valence-electron chi connectivity index (χ3n) is 2.26. The van der Waals surface area contributed by atoms with E-state index in [1.54, 1.807) is 0 Å². The molecule has 2 rings (SSSR count). The second-order valence-electron chi connectivity index (χ2n) is 3.77. The summed E-state index contributed by atoms with van der Waals surface area (Å²) in [6, 6.07) is 0. The summed E-state index contributed by atoms with van der Waals surface area (Å²) in [5.41, 5.74) is 5.30. The monoisotopic (exact) mass is 229 g/mol. The maximum Gasteiger partial charge on any atom is 0.229 e. The largest absolute Gasteiger partial charge is 0.379 e. The van der Waals surface area contributed by atoms with Crippen LogP contribution in [0.15, 0.2) is 0 Å². The SMILES string of the molecule is CC1(Nc2nc(N)nc(Cl)n2)CCOC1. The van der Waals surface area contributed by atoms with Crippen LogP contribution in [0.2, 0.25) is 5.28 Å². The lowest BCUT2D eigenvalue weighted by atomic mass is 10.0. The van der Waals surface area contributed by atoms with E-state index in [1.165, 1.54) is 0 Å². The quantitative estimate of drug-likeness (QED) is 0.777. The molecule has 15 heavy (non-hydrogen) atoms. The van der Waals surface area contributed by atoms with Crippen molar-refractivity contribution in [3.05, 3.63) is 5.28 Å². The summed E-state index contributed by atoms with van der Waals surface area (Å²) in [5, 5.41) is 3.24. The van der Waals surface area contributed by atoms with E-state index in [0.717, 1.165) is 13.0 Å². The molecule has 2 heterocycles. The lowest BCUT2D eigenvalue weighted by molar-refractivity contribution is 0.185. The standard InChI is InChI=1S/C8H12ClN5O/c1-8(2-3-15-4-8)14-7-12-5(9)11-6(10)13-7/h2-4H2,1H3,(H3,10,11,12,13,14). The Hall–Kier alpha value is -1.14. The summed E-state index contributed by atoms with van der Waals surface area (Å²) in [5.74, 6) is 0.500. The van der Waals surface area contributed by atoms with E-state index >= 15 is 0 Å². The van der Waals surface area contributed by atoms with Gasteiger partial charge in [0.15, 0.2) is 0 Å². The van der Waals surface area contributed by atoms with Crippen LogP contribution in [0.5, 0.6) is 0 Å². The van der Waals surface area contributed by atoms with Crippen molar-refractivity contribution in [2.75, 3.05) is 24.3 Å². The molecule has 0 bridgehead atoms. The molecular weight excluding hydrogens is 218 g/mol.